The number of benzene rings is 10. The average Bonchev–Trinajstić information content (AvgIpc) is 3.72. The fraction of sp³-hybridized carbons (Fsp3) is 0.0545. The van der Waals surface area contributed by atoms with Gasteiger partial charge in [-0.1, -0.05) is 172 Å². The third-order valence-electron chi connectivity index (χ3n) is 12.7. The highest BCUT2D eigenvalue weighted by Gasteiger charge is 2.36. The van der Waals surface area contributed by atoms with Crippen LogP contribution in [0.5, 0.6) is 0 Å². The molecule has 0 saturated heterocycles. The van der Waals surface area contributed by atoms with Crippen molar-refractivity contribution in [3.63, 3.8) is 0 Å². The minimum Gasteiger partial charge on any atom is -0.135 e. The first kappa shape index (κ1) is 31.8. The van der Waals surface area contributed by atoms with Crippen molar-refractivity contribution >= 4 is 74.6 Å². The van der Waals surface area contributed by atoms with Gasteiger partial charge in [-0.25, -0.2) is 0 Å². The first-order valence-corrected chi connectivity index (χ1v) is 20.4. The van der Waals surface area contributed by atoms with Crippen LogP contribution in [-0.4, -0.2) is 0 Å². The molecule has 1 aromatic heterocycles. The van der Waals surface area contributed by atoms with Gasteiger partial charge in [0.25, 0.3) is 0 Å². The molecule has 0 spiro atoms. The van der Waals surface area contributed by atoms with Crippen molar-refractivity contribution in [2.75, 3.05) is 0 Å². The Morgan fingerprint density at radius 2 is 0.929 bits per heavy atom. The predicted octanol–water partition coefficient (Wildman–Crippen LogP) is 16.0. The number of hydrogen-bond acceptors (Lipinski definition) is 1. The van der Waals surface area contributed by atoms with Crippen molar-refractivity contribution in [3.05, 3.63) is 193 Å². The molecule has 56 heavy (non-hydrogen) atoms. The molecular formula is C55H36S. The maximum Gasteiger partial charge on any atom is 0.0361 e. The summed E-state index contributed by atoms with van der Waals surface area (Å²) in [6.45, 7) is 4.79. The summed E-state index contributed by atoms with van der Waals surface area (Å²) in [4.78, 5) is 0. The van der Waals surface area contributed by atoms with Gasteiger partial charge in [-0.2, -0.15) is 0 Å². The van der Waals surface area contributed by atoms with E-state index in [4.69, 9.17) is 0 Å². The molecule has 262 valence electrons. The normalized spacial score (nSPS) is 13.3. The second-order valence-corrected chi connectivity index (χ2v) is 17.1. The molecular weight excluding hydrogens is 693 g/mol. The predicted molar refractivity (Wildman–Crippen MR) is 243 cm³/mol. The maximum atomic E-state index is 2.46. The largest absolute Gasteiger partial charge is 0.135 e. The lowest BCUT2D eigenvalue weighted by Gasteiger charge is -2.22. The van der Waals surface area contributed by atoms with Gasteiger partial charge in [0, 0.05) is 25.6 Å². The number of rotatable bonds is 3. The van der Waals surface area contributed by atoms with E-state index in [1.165, 1.54) is 119 Å². The standard InChI is InChI=1S/C55H36S/c1-55(2)48-29-27-37-31-51-47(39-15-9-10-21-50(39)56-51)32-46(37)54(48)45-28-26-36(30-49(45)55)33-22-24-35(25-23-33)52-41-16-5-7-18-43(41)53(44-19-8-6-17-42(44)52)40-20-11-13-34-12-3-4-14-38(34)40/h3-32H,1-2H3. The summed E-state index contributed by atoms with van der Waals surface area (Å²) >= 11 is 1.89. The first-order chi connectivity index (χ1) is 27.5. The molecule has 0 fully saturated rings. The Hall–Kier alpha value is -6.54. The van der Waals surface area contributed by atoms with Gasteiger partial charge in [-0.15, -0.1) is 11.3 Å². The van der Waals surface area contributed by atoms with E-state index in [1.807, 2.05) is 11.3 Å². The lowest BCUT2D eigenvalue weighted by molar-refractivity contribution is 0.661. The summed E-state index contributed by atoms with van der Waals surface area (Å²) in [5, 5.41) is 13.0. The van der Waals surface area contributed by atoms with Crippen LogP contribution in [0.3, 0.4) is 0 Å². The number of thiophene rings is 1. The van der Waals surface area contributed by atoms with Crippen molar-refractivity contribution in [1.29, 1.82) is 0 Å². The van der Waals surface area contributed by atoms with Gasteiger partial charge in [-0.05, 0) is 123 Å². The number of fused-ring (bicyclic) bond motifs is 11. The minimum absolute atomic E-state index is 0.107. The van der Waals surface area contributed by atoms with E-state index in [2.05, 4.69) is 196 Å². The van der Waals surface area contributed by atoms with Crippen molar-refractivity contribution in [2.24, 2.45) is 0 Å². The van der Waals surface area contributed by atoms with Crippen LogP contribution < -0.4 is 0 Å². The molecule has 0 radical (unpaired) electrons. The van der Waals surface area contributed by atoms with E-state index in [0.29, 0.717) is 0 Å². The average molecular weight is 729 g/mol. The molecule has 0 saturated carbocycles. The first-order valence-electron chi connectivity index (χ1n) is 19.6. The van der Waals surface area contributed by atoms with Gasteiger partial charge in [0.1, 0.15) is 0 Å². The number of hydrogen-bond donors (Lipinski definition) is 0. The Morgan fingerprint density at radius 3 is 1.68 bits per heavy atom. The van der Waals surface area contributed by atoms with Crippen LogP contribution in [0.1, 0.15) is 25.0 Å². The van der Waals surface area contributed by atoms with E-state index < -0.39 is 0 Å². The Balaban J connectivity index is 0.988. The lowest BCUT2D eigenvalue weighted by Crippen LogP contribution is -2.15. The van der Waals surface area contributed by atoms with Crippen LogP contribution in [-0.2, 0) is 5.41 Å². The van der Waals surface area contributed by atoms with E-state index in [0.717, 1.165) is 0 Å². The van der Waals surface area contributed by atoms with Crippen LogP contribution in [0.2, 0.25) is 0 Å². The molecule has 12 rings (SSSR count). The molecule has 0 aliphatic heterocycles. The van der Waals surface area contributed by atoms with Crippen LogP contribution in [0.25, 0.3) is 108 Å². The zero-order valence-corrected chi connectivity index (χ0v) is 32.0. The Labute approximate surface area is 329 Å². The quantitative estimate of drug-likeness (QED) is 0.159. The fourth-order valence-corrected chi connectivity index (χ4v) is 11.1. The highest BCUT2D eigenvalue weighted by Crippen LogP contribution is 2.53. The summed E-state index contributed by atoms with van der Waals surface area (Å²) in [6, 6.07) is 68.3. The summed E-state index contributed by atoms with van der Waals surface area (Å²) < 4.78 is 2.71. The van der Waals surface area contributed by atoms with Gasteiger partial charge in [-0.3, -0.25) is 0 Å². The Kier molecular flexibility index (Phi) is 6.66. The summed E-state index contributed by atoms with van der Waals surface area (Å²) in [5.41, 5.74) is 13.1. The van der Waals surface area contributed by atoms with Gasteiger partial charge >= 0.3 is 0 Å². The molecule has 11 aromatic rings. The molecule has 1 heteroatoms. The van der Waals surface area contributed by atoms with E-state index >= 15 is 0 Å². The molecule has 0 N–H and O–H groups in total. The molecule has 10 aromatic carbocycles. The second-order valence-electron chi connectivity index (χ2n) is 16.0. The van der Waals surface area contributed by atoms with Gasteiger partial charge < -0.3 is 0 Å². The molecule has 1 aliphatic carbocycles. The molecule has 0 bridgehead atoms. The van der Waals surface area contributed by atoms with Crippen molar-refractivity contribution in [3.8, 4) is 44.5 Å². The molecule has 1 heterocycles. The van der Waals surface area contributed by atoms with Gasteiger partial charge in [0.2, 0.25) is 0 Å². The van der Waals surface area contributed by atoms with Crippen molar-refractivity contribution < 1.29 is 0 Å². The highest BCUT2D eigenvalue weighted by atomic mass is 32.1. The SMILES string of the molecule is CC1(C)c2cc(-c3ccc(-c4c5ccccc5c(-c5cccc6ccccc56)c5ccccc45)cc3)ccc2-c2c1ccc1cc3sc4ccccc4c3cc21. The van der Waals surface area contributed by atoms with Crippen molar-refractivity contribution in [1.82, 2.24) is 0 Å². The Morgan fingerprint density at radius 1 is 0.321 bits per heavy atom. The van der Waals surface area contributed by atoms with E-state index in [-0.39, 0.29) is 5.41 Å². The molecule has 0 amide bonds. The zero-order valence-electron chi connectivity index (χ0n) is 31.2. The van der Waals surface area contributed by atoms with Crippen LogP contribution in [0.4, 0.5) is 0 Å². The second kappa shape index (κ2) is 11.7. The topological polar surface area (TPSA) is 0 Å². The Bertz CT molecular complexity index is 3370. The van der Waals surface area contributed by atoms with Crippen LogP contribution in [0.15, 0.2) is 182 Å². The maximum absolute atomic E-state index is 2.46. The minimum atomic E-state index is -0.107. The summed E-state index contributed by atoms with van der Waals surface area (Å²) in [5.74, 6) is 0. The summed E-state index contributed by atoms with van der Waals surface area (Å²) in [7, 11) is 0. The fourth-order valence-electron chi connectivity index (χ4n) is 9.96. The smallest absolute Gasteiger partial charge is 0.0361 e. The lowest BCUT2D eigenvalue weighted by atomic mass is 9.81. The highest BCUT2D eigenvalue weighted by molar-refractivity contribution is 7.25. The van der Waals surface area contributed by atoms with Crippen molar-refractivity contribution in [2.45, 2.75) is 19.3 Å². The molecule has 0 nitrogen and oxygen atoms in total. The van der Waals surface area contributed by atoms with Gasteiger partial charge in [0.15, 0.2) is 0 Å². The molecule has 0 atom stereocenters. The third-order valence-corrected chi connectivity index (χ3v) is 13.8. The molecule has 1 aliphatic rings. The van der Waals surface area contributed by atoms with Crippen LogP contribution >= 0.6 is 11.3 Å². The summed E-state index contributed by atoms with van der Waals surface area (Å²) in [6.07, 6.45) is 0. The third kappa shape index (κ3) is 4.47. The zero-order chi connectivity index (χ0) is 37.1. The molecule has 0 unspecified atom stereocenters. The van der Waals surface area contributed by atoms with E-state index in [1.54, 1.807) is 0 Å². The van der Waals surface area contributed by atoms with E-state index in [9.17, 15) is 0 Å². The van der Waals surface area contributed by atoms with Gasteiger partial charge in [0.05, 0.1) is 0 Å². The van der Waals surface area contributed by atoms with Crippen LogP contribution in [0, 0.1) is 0 Å². The monoisotopic (exact) mass is 728 g/mol.